The second kappa shape index (κ2) is 6.19. The van der Waals surface area contributed by atoms with Crippen LogP contribution in [0.5, 0.6) is 0 Å². The molecule has 2 aliphatic carbocycles. The van der Waals surface area contributed by atoms with Gasteiger partial charge in [-0.05, 0) is 50.5 Å². The maximum Gasteiger partial charge on any atom is 0.0613 e. The van der Waals surface area contributed by atoms with Gasteiger partial charge in [0, 0.05) is 5.54 Å². The molecule has 2 saturated carbocycles. The third-order valence-electron chi connectivity index (χ3n) is 4.76. The van der Waals surface area contributed by atoms with Crippen molar-refractivity contribution in [2.24, 2.45) is 11.8 Å². The molecule has 0 amide bonds. The highest BCUT2D eigenvalue weighted by Crippen LogP contribution is 2.34. The van der Waals surface area contributed by atoms with Crippen molar-refractivity contribution in [1.29, 1.82) is 0 Å². The van der Waals surface area contributed by atoms with Crippen LogP contribution in [0, 0.1) is 11.8 Å². The summed E-state index contributed by atoms with van der Waals surface area (Å²) in [5.74, 6) is 1.82. The average molecular weight is 239 g/mol. The van der Waals surface area contributed by atoms with Gasteiger partial charge in [0.2, 0.25) is 0 Å². The molecular weight excluding hydrogens is 210 g/mol. The average Bonchev–Trinajstić information content (AvgIpc) is 3.15. The molecule has 0 aromatic rings. The van der Waals surface area contributed by atoms with E-state index in [9.17, 15) is 5.11 Å². The Kier molecular flexibility index (Phi) is 4.87. The van der Waals surface area contributed by atoms with Gasteiger partial charge in [-0.1, -0.05) is 32.6 Å². The second-order valence-corrected chi connectivity index (χ2v) is 6.35. The Balaban J connectivity index is 1.83. The summed E-state index contributed by atoms with van der Waals surface area (Å²) in [7, 11) is 0. The molecule has 2 atom stereocenters. The van der Waals surface area contributed by atoms with Gasteiger partial charge >= 0.3 is 0 Å². The minimum atomic E-state index is 0.0606. The molecule has 0 aromatic carbocycles. The van der Waals surface area contributed by atoms with Crippen LogP contribution in [0.1, 0.15) is 64.7 Å². The Hall–Kier alpha value is -0.0800. The van der Waals surface area contributed by atoms with E-state index in [1.807, 2.05) is 0 Å². The predicted molar refractivity (Wildman–Crippen MR) is 72.0 cm³/mol. The van der Waals surface area contributed by atoms with Crippen LogP contribution in [0.2, 0.25) is 0 Å². The fraction of sp³-hybridized carbons (Fsp3) is 1.00. The molecule has 0 aromatic heterocycles. The SMILES string of the molecule is CCCC1CCCC(CO)(NCC2CC2)CC1. The van der Waals surface area contributed by atoms with E-state index in [4.69, 9.17) is 0 Å². The van der Waals surface area contributed by atoms with E-state index >= 15 is 0 Å². The fourth-order valence-corrected chi connectivity index (χ4v) is 3.25. The summed E-state index contributed by atoms with van der Waals surface area (Å²) < 4.78 is 0. The maximum absolute atomic E-state index is 9.75. The lowest BCUT2D eigenvalue weighted by molar-refractivity contribution is 0.141. The first-order valence-electron chi connectivity index (χ1n) is 7.64. The molecule has 2 fully saturated rings. The minimum Gasteiger partial charge on any atom is -0.394 e. The van der Waals surface area contributed by atoms with Crippen LogP contribution < -0.4 is 5.32 Å². The summed E-state index contributed by atoms with van der Waals surface area (Å²) >= 11 is 0. The monoisotopic (exact) mass is 239 g/mol. The summed E-state index contributed by atoms with van der Waals surface area (Å²) in [5, 5.41) is 13.5. The molecule has 0 heterocycles. The molecule has 100 valence electrons. The van der Waals surface area contributed by atoms with Crippen molar-refractivity contribution in [3.8, 4) is 0 Å². The number of nitrogens with one attached hydrogen (secondary N) is 1. The van der Waals surface area contributed by atoms with Gasteiger partial charge in [0.05, 0.1) is 6.61 Å². The largest absolute Gasteiger partial charge is 0.394 e. The standard InChI is InChI=1S/C15H29NO/c1-2-4-13-5-3-9-15(12-17,10-8-13)16-11-14-6-7-14/h13-14,16-17H,2-12H2,1H3. The highest BCUT2D eigenvalue weighted by Gasteiger charge is 2.33. The van der Waals surface area contributed by atoms with Gasteiger partial charge < -0.3 is 10.4 Å². The van der Waals surface area contributed by atoms with Crippen LogP contribution in [0.3, 0.4) is 0 Å². The third-order valence-corrected chi connectivity index (χ3v) is 4.76. The van der Waals surface area contributed by atoms with Crippen LogP contribution >= 0.6 is 0 Å². The molecule has 2 nitrogen and oxygen atoms in total. The normalized spacial score (nSPS) is 34.6. The minimum absolute atomic E-state index is 0.0606. The lowest BCUT2D eigenvalue weighted by Gasteiger charge is -2.32. The number of aliphatic hydroxyl groups excluding tert-OH is 1. The van der Waals surface area contributed by atoms with Gasteiger partial charge in [0.1, 0.15) is 0 Å². The molecule has 0 aliphatic heterocycles. The van der Waals surface area contributed by atoms with Crippen molar-refractivity contribution in [3.05, 3.63) is 0 Å². The topological polar surface area (TPSA) is 32.3 Å². The predicted octanol–water partition coefficient (Wildman–Crippen LogP) is 3.10. The number of hydrogen-bond donors (Lipinski definition) is 2. The van der Waals surface area contributed by atoms with Gasteiger partial charge in [0.15, 0.2) is 0 Å². The zero-order valence-corrected chi connectivity index (χ0v) is 11.4. The molecule has 0 spiro atoms. The Morgan fingerprint density at radius 2 is 1.94 bits per heavy atom. The molecule has 0 radical (unpaired) electrons. The molecule has 2 unspecified atom stereocenters. The van der Waals surface area contributed by atoms with E-state index in [1.54, 1.807) is 0 Å². The zero-order valence-electron chi connectivity index (χ0n) is 11.4. The lowest BCUT2D eigenvalue weighted by atomic mass is 9.89. The van der Waals surface area contributed by atoms with E-state index in [-0.39, 0.29) is 5.54 Å². The highest BCUT2D eigenvalue weighted by molar-refractivity contribution is 4.92. The van der Waals surface area contributed by atoms with Crippen LogP contribution in [0.25, 0.3) is 0 Å². The smallest absolute Gasteiger partial charge is 0.0613 e. The number of aliphatic hydroxyl groups is 1. The molecule has 2 heteroatoms. The van der Waals surface area contributed by atoms with Gasteiger partial charge in [-0.3, -0.25) is 0 Å². The van der Waals surface area contributed by atoms with Crippen LogP contribution in [0.15, 0.2) is 0 Å². The van der Waals surface area contributed by atoms with Crippen molar-refractivity contribution < 1.29 is 5.11 Å². The fourth-order valence-electron chi connectivity index (χ4n) is 3.25. The second-order valence-electron chi connectivity index (χ2n) is 6.35. The Morgan fingerprint density at radius 1 is 1.12 bits per heavy atom. The maximum atomic E-state index is 9.75. The first kappa shape index (κ1) is 13.4. The quantitative estimate of drug-likeness (QED) is 0.698. The summed E-state index contributed by atoms with van der Waals surface area (Å²) in [6.07, 6.45) is 11.8. The Bertz CT molecular complexity index is 227. The van der Waals surface area contributed by atoms with Crippen LogP contribution in [-0.2, 0) is 0 Å². The molecule has 0 bridgehead atoms. The highest BCUT2D eigenvalue weighted by atomic mass is 16.3. The third kappa shape index (κ3) is 3.96. The first-order chi connectivity index (χ1) is 8.28. The van der Waals surface area contributed by atoms with E-state index in [0.29, 0.717) is 6.61 Å². The van der Waals surface area contributed by atoms with Gasteiger partial charge in [-0.15, -0.1) is 0 Å². The Labute approximate surface area is 106 Å². The van der Waals surface area contributed by atoms with E-state index in [0.717, 1.165) is 18.4 Å². The van der Waals surface area contributed by atoms with E-state index in [2.05, 4.69) is 12.2 Å². The van der Waals surface area contributed by atoms with Gasteiger partial charge in [-0.2, -0.15) is 0 Å². The van der Waals surface area contributed by atoms with E-state index in [1.165, 1.54) is 57.8 Å². The molecule has 2 aliphatic rings. The summed E-state index contributed by atoms with van der Waals surface area (Å²) in [5.41, 5.74) is 0.0606. The summed E-state index contributed by atoms with van der Waals surface area (Å²) in [6, 6.07) is 0. The van der Waals surface area contributed by atoms with Gasteiger partial charge in [0.25, 0.3) is 0 Å². The molecular formula is C15H29NO. The zero-order chi connectivity index (χ0) is 12.1. The summed E-state index contributed by atoms with van der Waals surface area (Å²) in [6.45, 7) is 3.76. The van der Waals surface area contributed by atoms with E-state index < -0.39 is 0 Å². The van der Waals surface area contributed by atoms with Crippen molar-refractivity contribution in [1.82, 2.24) is 5.32 Å². The number of rotatable bonds is 6. The lowest BCUT2D eigenvalue weighted by Crippen LogP contribution is -2.49. The number of hydrogen-bond acceptors (Lipinski definition) is 2. The molecule has 2 rings (SSSR count). The molecule has 0 saturated heterocycles. The Morgan fingerprint density at radius 3 is 2.59 bits per heavy atom. The van der Waals surface area contributed by atoms with Crippen molar-refractivity contribution in [2.45, 2.75) is 70.3 Å². The van der Waals surface area contributed by atoms with Crippen molar-refractivity contribution >= 4 is 0 Å². The molecule has 17 heavy (non-hydrogen) atoms. The summed E-state index contributed by atoms with van der Waals surface area (Å²) in [4.78, 5) is 0. The molecule has 2 N–H and O–H groups in total. The van der Waals surface area contributed by atoms with Crippen molar-refractivity contribution in [2.75, 3.05) is 13.2 Å². The van der Waals surface area contributed by atoms with Gasteiger partial charge in [-0.25, -0.2) is 0 Å². The van der Waals surface area contributed by atoms with Crippen LogP contribution in [-0.4, -0.2) is 23.8 Å². The first-order valence-corrected chi connectivity index (χ1v) is 7.64. The van der Waals surface area contributed by atoms with Crippen LogP contribution in [0.4, 0.5) is 0 Å². The van der Waals surface area contributed by atoms with Crippen molar-refractivity contribution in [3.63, 3.8) is 0 Å².